The summed E-state index contributed by atoms with van der Waals surface area (Å²) in [6.45, 7) is 1.39. The van der Waals surface area contributed by atoms with Crippen molar-refractivity contribution < 1.29 is 35.1 Å². The van der Waals surface area contributed by atoms with Gasteiger partial charge in [0, 0.05) is 24.0 Å². The first-order valence-corrected chi connectivity index (χ1v) is 10.1. The largest absolute Gasteiger partial charge is 0.573 e. The van der Waals surface area contributed by atoms with Crippen molar-refractivity contribution in [2.45, 2.75) is 18.2 Å². The van der Waals surface area contributed by atoms with Gasteiger partial charge < -0.3 is 4.74 Å². The molecule has 0 radical (unpaired) electrons. The van der Waals surface area contributed by atoms with E-state index in [1.54, 1.807) is 0 Å². The van der Waals surface area contributed by atoms with Gasteiger partial charge >= 0.3 is 6.36 Å². The van der Waals surface area contributed by atoms with Gasteiger partial charge in [0.15, 0.2) is 9.84 Å². The van der Waals surface area contributed by atoms with Crippen molar-refractivity contribution >= 4 is 32.3 Å². The maximum absolute atomic E-state index is 14.1. The SMILES string of the molecule is Cc1c(-c2cc(OC(F)(F)F)ccc2S(C)(=O)=O)nc2cc(F)cc(F)c2c1Cl. The summed E-state index contributed by atoms with van der Waals surface area (Å²) in [5, 5.41) is -0.373. The van der Waals surface area contributed by atoms with Crippen molar-refractivity contribution in [2.24, 2.45) is 0 Å². The molecule has 3 aromatic rings. The van der Waals surface area contributed by atoms with Crippen molar-refractivity contribution in [2.75, 3.05) is 6.26 Å². The molecule has 0 saturated carbocycles. The third kappa shape index (κ3) is 4.27. The molecule has 1 heterocycles. The van der Waals surface area contributed by atoms with Crippen LogP contribution in [0.15, 0.2) is 35.2 Å². The molecule has 2 aromatic carbocycles. The summed E-state index contributed by atoms with van der Waals surface area (Å²) in [4.78, 5) is 3.72. The maximum atomic E-state index is 14.1. The average Bonchev–Trinajstić information content (AvgIpc) is 2.54. The fourth-order valence-electron chi connectivity index (χ4n) is 2.84. The molecule has 1 aromatic heterocycles. The Morgan fingerprint density at radius 2 is 1.76 bits per heavy atom. The Bertz CT molecular complexity index is 1240. The van der Waals surface area contributed by atoms with Crippen LogP contribution in [-0.2, 0) is 9.84 Å². The van der Waals surface area contributed by atoms with Gasteiger partial charge in [-0.3, -0.25) is 0 Å². The highest BCUT2D eigenvalue weighted by molar-refractivity contribution is 7.90. The van der Waals surface area contributed by atoms with E-state index in [0.717, 1.165) is 30.5 Å². The summed E-state index contributed by atoms with van der Waals surface area (Å²) in [5.74, 6) is -2.63. The summed E-state index contributed by atoms with van der Waals surface area (Å²) in [6, 6.07) is 4.08. The number of hydrogen-bond acceptors (Lipinski definition) is 4. The Balaban J connectivity index is 2.38. The van der Waals surface area contributed by atoms with Crippen LogP contribution in [0, 0.1) is 18.6 Å². The molecular weight excluding hydrogens is 441 g/mol. The van der Waals surface area contributed by atoms with Gasteiger partial charge in [-0.05, 0) is 30.7 Å². The van der Waals surface area contributed by atoms with Gasteiger partial charge in [0.1, 0.15) is 17.4 Å². The van der Waals surface area contributed by atoms with Gasteiger partial charge in [-0.2, -0.15) is 0 Å². The number of pyridine rings is 1. The third-order valence-corrected chi connectivity index (χ3v) is 5.64. The van der Waals surface area contributed by atoms with E-state index in [1.165, 1.54) is 6.92 Å². The first-order valence-electron chi connectivity index (χ1n) is 7.83. The average molecular weight is 452 g/mol. The quantitative estimate of drug-likeness (QED) is 0.497. The molecule has 0 bridgehead atoms. The number of fused-ring (bicyclic) bond motifs is 1. The van der Waals surface area contributed by atoms with Crippen LogP contribution < -0.4 is 4.74 Å². The van der Waals surface area contributed by atoms with E-state index in [4.69, 9.17) is 11.6 Å². The molecule has 3 rings (SSSR count). The second-order valence-electron chi connectivity index (χ2n) is 6.16. The highest BCUT2D eigenvalue weighted by atomic mass is 35.5. The minimum Gasteiger partial charge on any atom is -0.406 e. The van der Waals surface area contributed by atoms with Crippen molar-refractivity contribution in [1.29, 1.82) is 0 Å². The number of halogens is 6. The third-order valence-electron chi connectivity index (χ3n) is 4.01. The fraction of sp³-hybridized carbons (Fsp3) is 0.167. The molecule has 4 nitrogen and oxygen atoms in total. The Morgan fingerprint density at radius 3 is 2.34 bits per heavy atom. The number of benzene rings is 2. The summed E-state index contributed by atoms with van der Waals surface area (Å²) in [5.41, 5.74) is -0.533. The molecule has 11 heteroatoms. The summed E-state index contributed by atoms with van der Waals surface area (Å²) < 4.78 is 93.7. The lowest BCUT2D eigenvalue weighted by molar-refractivity contribution is -0.274. The van der Waals surface area contributed by atoms with E-state index in [-0.39, 0.29) is 37.6 Å². The molecule has 0 aliphatic heterocycles. The molecule has 0 amide bonds. The zero-order valence-corrected chi connectivity index (χ0v) is 16.3. The molecule has 0 N–H and O–H groups in total. The Kier molecular flexibility index (Phi) is 5.20. The van der Waals surface area contributed by atoms with Gasteiger partial charge in [0.05, 0.1) is 26.5 Å². The molecule has 29 heavy (non-hydrogen) atoms. The summed E-state index contributed by atoms with van der Waals surface area (Å²) >= 11 is 6.19. The molecule has 0 atom stereocenters. The van der Waals surface area contributed by atoms with Crippen LogP contribution in [0.3, 0.4) is 0 Å². The number of alkyl halides is 3. The van der Waals surface area contributed by atoms with E-state index in [9.17, 15) is 30.4 Å². The lowest BCUT2D eigenvalue weighted by atomic mass is 10.0. The van der Waals surface area contributed by atoms with E-state index in [1.807, 2.05) is 0 Å². The van der Waals surface area contributed by atoms with Crippen LogP contribution in [0.25, 0.3) is 22.2 Å². The van der Waals surface area contributed by atoms with Crippen LogP contribution in [0.5, 0.6) is 5.75 Å². The molecule has 0 unspecified atom stereocenters. The van der Waals surface area contributed by atoms with Crippen LogP contribution in [0.1, 0.15) is 5.56 Å². The van der Waals surface area contributed by atoms with Crippen LogP contribution in [0.2, 0.25) is 5.02 Å². The summed E-state index contributed by atoms with van der Waals surface area (Å²) in [6.07, 6.45) is -4.16. The topological polar surface area (TPSA) is 56.3 Å². The zero-order chi connectivity index (χ0) is 21.7. The number of aromatic nitrogens is 1. The Labute approximate surface area is 166 Å². The van der Waals surface area contributed by atoms with Gasteiger partial charge in [-0.25, -0.2) is 22.2 Å². The van der Waals surface area contributed by atoms with Crippen LogP contribution in [0.4, 0.5) is 22.0 Å². The van der Waals surface area contributed by atoms with Crippen LogP contribution in [-0.4, -0.2) is 26.0 Å². The van der Waals surface area contributed by atoms with E-state index in [0.29, 0.717) is 6.07 Å². The zero-order valence-electron chi connectivity index (χ0n) is 14.7. The first kappa shape index (κ1) is 21.3. The molecule has 0 fully saturated rings. The van der Waals surface area contributed by atoms with Gasteiger partial charge in [0.25, 0.3) is 0 Å². The highest BCUT2D eigenvalue weighted by Crippen LogP contribution is 2.39. The predicted molar refractivity (Wildman–Crippen MR) is 96.6 cm³/mol. The van der Waals surface area contributed by atoms with Gasteiger partial charge in [-0.15, -0.1) is 13.2 Å². The lowest BCUT2D eigenvalue weighted by Crippen LogP contribution is -2.17. The van der Waals surface area contributed by atoms with E-state index >= 15 is 0 Å². The molecule has 0 saturated heterocycles. The fourth-order valence-corrected chi connectivity index (χ4v) is 3.98. The van der Waals surface area contributed by atoms with Crippen molar-refractivity contribution in [3.63, 3.8) is 0 Å². The lowest BCUT2D eigenvalue weighted by Gasteiger charge is -2.16. The minimum absolute atomic E-state index is 0.0960. The molecular formula is C18H11ClF5NO3S. The Morgan fingerprint density at radius 1 is 1.10 bits per heavy atom. The standard InChI is InChI=1S/C18H11ClF5NO3S/c1-8-16(19)15-12(21)5-9(20)6-13(15)25-17(8)11-7-10(28-18(22,23)24)3-4-14(11)29(2,26)27/h3-7H,1-2H3. The molecule has 0 aliphatic rings. The van der Waals surface area contributed by atoms with Gasteiger partial charge in [-0.1, -0.05) is 11.6 Å². The molecule has 154 valence electrons. The molecule has 0 spiro atoms. The Hall–Kier alpha value is -2.46. The van der Waals surface area contributed by atoms with Gasteiger partial charge in [0.2, 0.25) is 0 Å². The molecule has 0 aliphatic carbocycles. The number of hydrogen-bond donors (Lipinski definition) is 0. The minimum atomic E-state index is -5.01. The second-order valence-corrected chi connectivity index (χ2v) is 8.52. The summed E-state index contributed by atoms with van der Waals surface area (Å²) in [7, 11) is -3.91. The number of nitrogens with zero attached hydrogens (tertiary/aromatic N) is 1. The second kappa shape index (κ2) is 7.10. The highest BCUT2D eigenvalue weighted by Gasteiger charge is 2.32. The van der Waals surface area contributed by atoms with Crippen molar-refractivity contribution in [3.8, 4) is 17.0 Å². The monoisotopic (exact) mass is 451 g/mol. The van der Waals surface area contributed by atoms with E-state index in [2.05, 4.69) is 9.72 Å². The van der Waals surface area contributed by atoms with Crippen molar-refractivity contribution in [1.82, 2.24) is 4.98 Å². The normalized spacial score (nSPS) is 12.4. The number of sulfone groups is 1. The maximum Gasteiger partial charge on any atom is 0.573 e. The van der Waals surface area contributed by atoms with Crippen LogP contribution >= 0.6 is 11.6 Å². The number of ether oxygens (including phenoxy) is 1. The first-order chi connectivity index (χ1) is 13.3. The van der Waals surface area contributed by atoms with E-state index < -0.39 is 33.6 Å². The predicted octanol–water partition coefficient (Wildman–Crippen LogP) is 5.44. The van der Waals surface area contributed by atoms with Crippen molar-refractivity contribution in [3.05, 3.63) is 52.6 Å². The number of rotatable bonds is 3. The smallest absolute Gasteiger partial charge is 0.406 e.